The summed E-state index contributed by atoms with van der Waals surface area (Å²) in [5.74, 6) is 0.124. The lowest BCUT2D eigenvalue weighted by molar-refractivity contribution is -0.124. The summed E-state index contributed by atoms with van der Waals surface area (Å²) in [5, 5.41) is 2.96. The maximum absolute atomic E-state index is 11.8. The van der Waals surface area contributed by atoms with Gasteiger partial charge in [0.2, 0.25) is 5.91 Å². The van der Waals surface area contributed by atoms with E-state index in [1.54, 1.807) is 0 Å². The molecule has 1 aliphatic carbocycles. The zero-order valence-electron chi connectivity index (χ0n) is 10.4. The molecule has 4 nitrogen and oxygen atoms in total. The topological polar surface area (TPSA) is 60.0 Å². The monoisotopic (exact) mass is 235 g/mol. The lowest BCUT2D eigenvalue weighted by atomic mass is 9.66. The van der Waals surface area contributed by atoms with Crippen LogP contribution in [0.5, 0.6) is 0 Å². The van der Waals surface area contributed by atoms with E-state index in [0.717, 1.165) is 18.4 Å². The zero-order chi connectivity index (χ0) is 12.3. The SMILES string of the molecule is Cn1ccc(CNC(=O)CC2(CN)CCC2)c1. The van der Waals surface area contributed by atoms with E-state index in [4.69, 9.17) is 5.73 Å². The third-order valence-corrected chi connectivity index (χ3v) is 3.77. The Kier molecular flexibility index (Phi) is 3.52. The summed E-state index contributed by atoms with van der Waals surface area (Å²) >= 11 is 0. The number of nitrogens with one attached hydrogen (secondary N) is 1. The average molecular weight is 235 g/mol. The van der Waals surface area contributed by atoms with Crippen molar-refractivity contribution in [2.75, 3.05) is 6.54 Å². The van der Waals surface area contributed by atoms with Crippen LogP contribution in [-0.4, -0.2) is 17.0 Å². The maximum atomic E-state index is 11.8. The van der Waals surface area contributed by atoms with Crippen LogP contribution in [0.2, 0.25) is 0 Å². The molecule has 2 rings (SSSR count). The molecule has 1 aliphatic rings. The van der Waals surface area contributed by atoms with Crippen molar-refractivity contribution in [2.45, 2.75) is 32.2 Å². The van der Waals surface area contributed by atoms with Crippen LogP contribution in [0.25, 0.3) is 0 Å². The fraction of sp³-hybridized carbons (Fsp3) is 0.615. The van der Waals surface area contributed by atoms with Gasteiger partial charge >= 0.3 is 0 Å². The number of nitrogens with two attached hydrogens (primary N) is 1. The Bertz CT molecular complexity index is 388. The van der Waals surface area contributed by atoms with Gasteiger partial charge in [0.05, 0.1) is 0 Å². The molecule has 0 radical (unpaired) electrons. The van der Waals surface area contributed by atoms with Crippen molar-refractivity contribution >= 4 is 5.91 Å². The molecule has 1 aromatic rings. The van der Waals surface area contributed by atoms with E-state index < -0.39 is 0 Å². The first kappa shape index (κ1) is 12.2. The summed E-state index contributed by atoms with van der Waals surface area (Å²) in [6.07, 6.45) is 7.99. The number of carbonyl (C=O) groups is 1. The summed E-state index contributed by atoms with van der Waals surface area (Å²) in [6.45, 7) is 1.24. The molecule has 4 heteroatoms. The van der Waals surface area contributed by atoms with Gasteiger partial charge in [0, 0.05) is 32.4 Å². The van der Waals surface area contributed by atoms with Crippen molar-refractivity contribution in [3.8, 4) is 0 Å². The molecule has 0 unspecified atom stereocenters. The van der Waals surface area contributed by atoms with Gasteiger partial charge in [0.1, 0.15) is 0 Å². The van der Waals surface area contributed by atoms with Gasteiger partial charge in [-0.1, -0.05) is 6.42 Å². The second kappa shape index (κ2) is 4.92. The third-order valence-electron chi connectivity index (χ3n) is 3.77. The van der Waals surface area contributed by atoms with E-state index in [9.17, 15) is 4.79 Å². The predicted molar refractivity (Wildman–Crippen MR) is 67.2 cm³/mol. The standard InChI is InChI=1S/C13H21N3O/c1-16-6-3-11(9-16)8-15-12(17)7-13(10-14)4-2-5-13/h3,6,9H,2,4-5,7-8,10,14H2,1H3,(H,15,17). The highest BCUT2D eigenvalue weighted by Crippen LogP contribution is 2.42. The highest BCUT2D eigenvalue weighted by molar-refractivity contribution is 5.76. The van der Waals surface area contributed by atoms with Crippen molar-refractivity contribution < 1.29 is 4.79 Å². The minimum Gasteiger partial charge on any atom is -0.357 e. The first-order chi connectivity index (χ1) is 8.13. The van der Waals surface area contributed by atoms with Gasteiger partial charge in [-0.2, -0.15) is 0 Å². The molecule has 1 saturated carbocycles. The molecule has 0 atom stereocenters. The van der Waals surface area contributed by atoms with Crippen molar-refractivity contribution in [3.63, 3.8) is 0 Å². The molecule has 17 heavy (non-hydrogen) atoms. The summed E-state index contributed by atoms with van der Waals surface area (Å²) in [5.41, 5.74) is 6.98. The van der Waals surface area contributed by atoms with Gasteiger partial charge in [-0.05, 0) is 36.4 Å². The normalized spacial score (nSPS) is 17.5. The van der Waals surface area contributed by atoms with Gasteiger partial charge in [0.15, 0.2) is 0 Å². The summed E-state index contributed by atoms with van der Waals surface area (Å²) in [4.78, 5) is 11.8. The molecule has 1 amide bonds. The smallest absolute Gasteiger partial charge is 0.220 e. The van der Waals surface area contributed by atoms with Crippen molar-refractivity contribution in [1.29, 1.82) is 0 Å². The molecule has 0 bridgehead atoms. The molecular weight excluding hydrogens is 214 g/mol. The second-order valence-electron chi connectivity index (χ2n) is 5.20. The lowest BCUT2D eigenvalue weighted by Gasteiger charge is -2.40. The Balaban J connectivity index is 1.77. The van der Waals surface area contributed by atoms with Gasteiger partial charge in [-0.15, -0.1) is 0 Å². The van der Waals surface area contributed by atoms with E-state index in [1.165, 1.54) is 6.42 Å². The summed E-state index contributed by atoms with van der Waals surface area (Å²) < 4.78 is 1.98. The lowest BCUT2D eigenvalue weighted by Crippen LogP contribution is -2.41. The van der Waals surface area contributed by atoms with Gasteiger partial charge in [0.25, 0.3) is 0 Å². The zero-order valence-corrected chi connectivity index (χ0v) is 10.4. The predicted octanol–water partition coefficient (Wildman–Crippen LogP) is 1.16. The van der Waals surface area contributed by atoms with Crippen LogP contribution in [0.15, 0.2) is 18.5 Å². The minimum absolute atomic E-state index is 0.0980. The minimum atomic E-state index is 0.0980. The van der Waals surface area contributed by atoms with E-state index in [2.05, 4.69) is 5.32 Å². The second-order valence-corrected chi connectivity index (χ2v) is 5.20. The number of hydrogen-bond acceptors (Lipinski definition) is 2. The number of carbonyl (C=O) groups excluding carboxylic acids is 1. The number of aryl methyl sites for hydroxylation is 1. The molecule has 1 fully saturated rings. The van der Waals surface area contributed by atoms with E-state index in [-0.39, 0.29) is 11.3 Å². The number of amides is 1. The Hall–Kier alpha value is -1.29. The van der Waals surface area contributed by atoms with Gasteiger partial charge < -0.3 is 15.6 Å². The molecule has 94 valence electrons. The molecule has 0 spiro atoms. The average Bonchev–Trinajstić information content (AvgIpc) is 2.67. The fourth-order valence-electron chi connectivity index (χ4n) is 2.40. The quantitative estimate of drug-likeness (QED) is 0.804. The molecule has 0 saturated heterocycles. The Morgan fingerprint density at radius 1 is 1.59 bits per heavy atom. The van der Waals surface area contributed by atoms with Gasteiger partial charge in [-0.3, -0.25) is 4.79 Å². The highest BCUT2D eigenvalue weighted by Gasteiger charge is 2.37. The summed E-state index contributed by atoms with van der Waals surface area (Å²) in [6, 6.07) is 2.02. The number of rotatable bonds is 5. The molecule has 0 aliphatic heterocycles. The van der Waals surface area contributed by atoms with Crippen LogP contribution in [0, 0.1) is 5.41 Å². The Morgan fingerprint density at radius 2 is 2.35 bits per heavy atom. The van der Waals surface area contributed by atoms with Crippen molar-refractivity contribution in [2.24, 2.45) is 18.2 Å². The van der Waals surface area contributed by atoms with Crippen LogP contribution in [0.4, 0.5) is 0 Å². The van der Waals surface area contributed by atoms with Crippen LogP contribution in [0.1, 0.15) is 31.2 Å². The first-order valence-electron chi connectivity index (χ1n) is 6.21. The van der Waals surface area contributed by atoms with Crippen LogP contribution < -0.4 is 11.1 Å². The van der Waals surface area contributed by atoms with E-state index >= 15 is 0 Å². The van der Waals surface area contributed by atoms with Crippen molar-refractivity contribution in [3.05, 3.63) is 24.0 Å². The van der Waals surface area contributed by atoms with Gasteiger partial charge in [-0.25, -0.2) is 0 Å². The number of nitrogens with zero attached hydrogens (tertiary/aromatic N) is 1. The van der Waals surface area contributed by atoms with Crippen LogP contribution in [0.3, 0.4) is 0 Å². The Morgan fingerprint density at radius 3 is 2.82 bits per heavy atom. The van der Waals surface area contributed by atoms with E-state index in [0.29, 0.717) is 19.5 Å². The highest BCUT2D eigenvalue weighted by atomic mass is 16.1. The largest absolute Gasteiger partial charge is 0.357 e. The molecule has 0 aromatic carbocycles. The van der Waals surface area contributed by atoms with Crippen molar-refractivity contribution in [1.82, 2.24) is 9.88 Å². The molecule has 1 heterocycles. The first-order valence-corrected chi connectivity index (χ1v) is 6.21. The number of aromatic nitrogens is 1. The third kappa shape index (κ3) is 2.88. The van der Waals surface area contributed by atoms with Crippen LogP contribution >= 0.6 is 0 Å². The molecular formula is C13H21N3O. The summed E-state index contributed by atoms with van der Waals surface area (Å²) in [7, 11) is 1.98. The van der Waals surface area contributed by atoms with E-state index in [1.807, 2.05) is 30.1 Å². The van der Waals surface area contributed by atoms with Crippen LogP contribution in [-0.2, 0) is 18.4 Å². The Labute approximate surface area is 102 Å². The number of hydrogen-bond donors (Lipinski definition) is 2. The maximum Gasteiger partial charge on any atom is 0.220 e. The molecule has 3 N–H and O–H groups in total. The molecule has 1 aromatic heterocycles. The fourth-order valence-corrected chi connectivity index (χ4v) is 2.40.